The summed E-state index contributed by atoms with van der Waals surface area (Å²) in [5.41, 5.74) is 2.95. The summed E-state index contributed by atoms with van der Waals surface area (Å²) >= 11 is 0. The number of hydrogen-bond donors (Lipinski definition) is 1. The lowest BCUT2D eigenvalue weighted by atomic mass is 9.95. The predicted molar refractivity (Wildman–Crippen MR) is 80.6 cm³/mol. The molecule has 4 rings (SSSR count). The molecular formula is C17H21NO3. The maximum atomic E-state index is 10.6. The van der Waals surface area contributed by atoms with Crippen LogP contribution in [0.5, 0.6) is 5.75 Å². The van der Waals surface area contributed by atoms with E-state index in [9.17, 15) is 5.11 Å². The maximum absolute atomic E-state index is 10.6. The molecule has 1 aliphatic heterocycles. The fourth-order valence-corrected chi connectivity index (χ4v) is 3.48. The summed E-state index contributed by atoms with van der Waals surface area (Å²) < 4.78 is 11.3. The van der Waals surface area contributed by atoms with Gasteiger partial charge in [-0.15, -0.1) is 0 Å². The van der Waals surface area contributed by atoms with Crippen LogP contribution in [0.4, 0.5) is 0 Å². The molecule has 1 aromatic carbocycles. The number of aryl methyl sites for hydroxylation is 2. The van der Waals surface area contributed by atoms with E-state index in [0.717, 1.165) is 62.4 Å². The van der Waals surface area contributed by atoms with Gasteiger partial charge in [-0.05, 0) is 19.3 Å². The summed E-state index contributed by atoms with van der Waals surface area (Å²) in [6.07, 6.45) is 4.49. The van der Waals surface area contributed by atoms with Crippen LogP contribution in [0.15, 0.2) is 16.5 Å². The lowest BCUT2D eigenvalue weighted by Crippen LogP contribution is -2.35. The zero-order valence-electron chi connectivity index (χ0n) is 12.2. The van der Waals surface area contributed by atoms with E-state index in [1.807, 2.05) is 0 Å². The van der Waals surface area contributed by atoms with Gasteiger partial charge in [-0.2, -0.15) is 0 Å². The fraction of sp³-hybridized carbons (Fsp3) is 0.529. The van der Waals surface area contributed by atoms with Crippen molar-refractivity contribution < 1.29 is 14.3 Å². The van der Waals surface area contributed by atoms with E-state index in [1.54, 1.807) is 0 Å². The first-order chi connectivity index (χ1) is 10.3. The Kier molecular flexibility index (Phi) is 3.36. The molecule has 1 aliphatic carbocycles. The summed E-state index contributed by atoms with van der Waals surface area (Å²) in [5.74, 6) is 1.41. The van der Waals surface area contributed by atoms with Crippen LogP contribution in [0, 0.1) is 0 Å². The van der Waals surface area contributed by atoms with E-state index in [2.05, 4.69) is 17.0 Å². The summed E-state index contributed by atoms with van der Waals surface area (Å²) in [6, 6.07) is 4.18. The smallest absolute Gasteiger partial charge is 0.176 e. The van der Waals surface area contributed by atoms with Crippen LogP contribution in [0.25, 0.3) is 11.0 Å². The summed E-state index contributed by atoms with van der Waals surface area (Å²) in [4.78, 5) is 2.31. The van der Waals surface area contributed by atoms with E-state index in [1.165, 1.54) is 18.4 Å². The van der Waals surface area contributed by atoms with Crippen molar-refractivity contribution in [3.05, 3.63) is 29.0 Å². The van der Waals surface area contributed by atoms with Crippen LogP contribution < -0.4 is 0 Å². The lowest BCUT2D eigenvalue weighted by molar-refractivity contribution is 0.0339. The van der Waals surface area contributed by atoms with Gasteiger partial charge < -0.3 is 14.3 Å². The molecule has 0 bridgehead atoms. The molecule has 2 aromatic rings. The second-order valence-corrected chi connectivity index (χ2v) is 6.05. The van der Waals surface area contributed by atoms with Crippen molar-refractivity contribution in [3.63, 3.8) is 0 Å². The normalized spacial score (nSPS) is 19.8. The van der Waals surface area contributed by atoms with Crippen LogP contribution in [-0.4, -0.2) is 36.3 Å². The van der Waals surface area contributed by atoms with E-state index in [-0.39, 0.29) is 0 Å². The number of hydrogen-bond acceptors (Lipinski definition) is 4. The van der Waals surface area contributed by atoms with Gasteiger partial charge in [-0.1, -0.05) is 12.1 Å². The highest BCUT2D eigenvalue weighted by Crippen LogP contribution is 2.38. The minimum atomic E-state index is 0.327. The first-order valence-corrected chi connectivity index (χ1v) is 7.88. The number of furan rings is 1. The Hall–Kier alpha value is -1.52. The van der Waals surface area contributed by atoms with Gasteiger partial charge in [0.1, 0.15) is 5.76 Å². The molecule has 21 heavy (non-hydrogen) atoms. The second-order valence-electron chi connectivity index (χ2n) is 6.05. The van der Waals surface area contributed by atoms with E-state index in [0.29, 0.717) is 11.3 Å². The highest BCUT2D eigenvalue weighted by Gasteiger charge is 2.22. The number of aromatic hydroxyl groups is 1. The first kappa shape index (κ1) is 13.2. The van der Waals surface area contributed by atoms with Gasteiger partial charge in [0.25, 0.3) is 0 Å². The van der Waals surface area contributed by atoms with Crippen molar-refractivity contribution in [1.29, 1.82) is 0 Å². The second kappa shape index (κ2) is 5.35. The van der Waals surface area contributed by atoms with Crippen LogP contribution in [-0.2, 0) is 24.1 Å². The monoisotopic (exact) mass is 287 g/mol. The van der Waals surface area contributed by atoms with Gasteiger partial charge in [0.15, 0.2) is 11.3 Å². The largest absolute Gasteiger partial charge is 0.504 e. The lowest BCUT2D eigenvalue weighted by Gasteiger charge is -2.26. The third kappa shape index (κ3) is 2.32. The van der Waals surface area contributed by atoms with Gasteiger partial charge in [-0.3, -0.25) is 4.90 Å². The Morgan fingerprint density at radius 2 is 1.90 bits per heavy atom. The Bertz CT molecular complexity index is 656. The highest BCUT2D eigenvalue weighted by molar-refractivity contribution is 5.88. The molecule has 0 radical (unpaired) electrons. The van der Waals surface area contributed by atoms with Crippen LogP contribution in [0.3, 0.4) is 0 Å². The third-order valence-electron chi connectivity index (χ3n) is 4.68. The van der Waals surface area contributed by atoms with Crippen molar-refractivity contribution in [1.82, 2.24) is 4.90 Å². The average Bonchev–Trinajstić information content (AvgIpc) is 2.91. The molecule has 0 saturated carbocycles. The van der Waals surface area contributed by atoms with Crippen LogP contribution in [0.1, 0.15) is 29.7 Å². The summed E-state index contributed by atoms with van der Waals surface area (Å²) in [6.45, 7) is 4.16. The Labute approximate surface area is 124 Å². The van der Waals surface area contributed by atoms with Crippen LogP contribution in [0.2, 0.25) is 0 Å². The zero-order valence-corrected chi connectivity index (χ0v) is 12.2. The van der Waals surface area contributed by atoms with E-state index >= 15 is 0 Å². The Balaban J connectivity index is 1.69. The van der Waals surface area contributed by atoms with Gasteiger partial charge >= 0.3 is 0 Å². The highest BCUT2D eigenvalue weighted by atomic mass is 16.5. The van der Waals surface area contributed by atoms with Crippen molar-refractivity contribution in [3.8, 4) is 5.75 Å². The van der Waals surface area contributed by atoms with Crippen molar-refractivity contribution in [2.45, 2.75) is 32.2 Å². The van der Waals surface area contributed by atoms with Gasteiger partial charge in [0.2, 0.25) is 0 Å². The predicted octanol–water partition coefficient (Wildman–Crippen LogP) is 2.85. The molecular weight excluding hydrogens is 266 g/mol. The van der Waals surface area contributed by atoms with Crippen molar-refractivity contribution >= 4 is 11.0 Å². The molecule has 1 N–H and O–H groups in total. The number of morpholine rings is 1. The summed E-state index contributed by atoms with van der Waals surface area (Å²) in [7, 11) is 0. The number of nitrogens with zero attached hydrogens (tertiary/aromatic N) is 1. The number of rotatable bonds is 2. The van der Waals surface area contributed by atoms with Crippen molar-refractivity contribution in [2.75, 3.05) is 26.3 Å². The van der Waals surface area contributed by atoms with Gasteiger partial charge in [0.05, 0.1) is 13.2 Å². The fourth-order valence-electron chi connectivity index (χ4n) is 3.48. The maximum Gasteiger partial charge on any atom is 0.176 e. The number of phenolic OH excluding ortho intramolecular Hbond substituents is 1. The third-order valence-corrected chi connectivity index (χ3v) is 4.68. The number of ether oxygens (including phenoxy) is 1. The SMILES string of the molecule is Oc1c(CN2CCOCC2)ccc2c3c(oc12)CCCC3. The minimum Gasteiger partial charge on any atom is -0.504 e. The molecule has 1 fully saturated rings. The topological polar surface area (TPSA) is 45.8 Å². The molecule has 1 saturated heterocycles. The standard InChI is InChI=1S/C17H21NO3/c19-16-12(11-18-7-9-20-10-8-18)5-6-14-13-3-1-2-4-15(13)21-17(14)16/h5-6,19H,1-4,7-11H2. The zero-order chi connectivity index (χ0) is 14.2. The molecule has 2 heterocycles. The molecule has 4 nitrogen and oxygen atoms in total. The molecule has 112 valence electrons. The molecule has 1 aromatic heterocycles. The molecule has 0 amide bonds. The molecule has 0 unspecified atom stereocenters. The number of benzene rings is 1. The minimum absolute atomic E-state index is 0.327. The molecule has 0 atom stereocenters. The molecule has 2 aliphatic rings. The first-order valence-electron chi connectivity index (χ1n) is 7.88. The molecule has 0 spiro atoms. The molecule has 4 heteroatoms. The number of fused-ring (bicyclic) bond motifs is 3. The average molecular weight is 287 g/mol. The van der Waals surface area contributed by atoms with Gasteiger partial charge in [-0.25, -0.2) is 0 Å². The number of phenols is 1. The Morgan fingerprint density at radius 3 is 2.76 bits per heavy atom. The Morgan fingerprint density at radius 1 is 1.10 bits per heavy atom. The quantitative estimate of drug-likeness (QED) is 0.922. The van der Waals surface area contributed by atoms with Gasteiger partial charge in [0, 0.05) is 42.6 Å². The van der Waals surface area contributed by atoms with Crippen molar-refractivity contribution in [2.24, 2.45) is 0 Å². The van der Waals surface area contributed by atoms with E-state index in [4.69, 9.17) is 9.15 Å². The van der Waals surface area contributed by atoms with Crippen LogP contribution >= 0.6 is 0 Å². The van der Waals surface area contributed by atoms with E-state index < -0.39 is 0 Å². The summed E-state index contributed by atoms with van der Waals surface area (Å²) in [5, 5.41) is 11.7.